The number of hydrogen-bond donors (Lipinski definition) is 0. The summed E-state index contributed by atoms with van der Waals surface area (Å²) in [5.74, 6) is 1.03. The van der Waals surface area contributed by atoms with Crippen LogP contribution in [0.3, 0.4) is 0 Å². The zero-order valence-corrected chi connectivity index (χ0v) is 15.2. The van der Waals surface area contributed by atoms with Gasteiger partial charge in [-0.25, -0.2) is 0 Å². The maximum atomic E-state index is 13.4. The third-order valence-electron chi connectivity index (χ3n) is 5.84. The van der Waals surface area contributed by atoms with Crippen LogP contribution < -0.4 is 0 Å². The molecule has 0 saturated carbocycles. The van der Waals surface area contributed by atoms with Crippen LogP contribution in [0, 0.1) is 0 Å². The Labute approximate surface area is 147 Å². The van der Waals surface area contributed by atoms with Gasteiger partial charge in [0.2, 0.25) is 11.8 Å². The number of thioether (sulfide) groups is 1. The van der Waals surface area contributed by atoms with Crippen LogP contribution in [-0.2, 0) is 16.6 Å². The highest BCUT2D eigenvalue weighted by Crippen LogP contribution is 2.48. The van der Waals surface area contributed by atoms with Crippen LogP contribution in [0.1, 0.15) is 50.8 Å². The molecule has 0 N–H and O–H groups in total. The monoisotopic (exact) mass is 347 g/mol. The molecule has 24 heavy (non-hydrogen) atoms. The molecular formula is C18H25N3O2S. The van der Waals surface area contributed by atoms with Gasteiger partial charge < -0.3 is 14.4 Å². The highest BCUT2D eigenvalue weighted by Gasteiger charge is 2.54. The van der Waals surface area contributed by atoms with E-state index in [4.69, 9.17) is 0 Å². The minimum Gasteiger partial charge on any atom is -0.353 e. The highest BCUT2D eigenvalue weighted by atomic mass is 32.2. The predicted octanol–water partition coefficient (Wildman–Crippen LogP) is 2.53. The van der Waals surface area contributed by atoms with Crippen molar-refractivity contribution in [1.82, 2.24) is 14.4 Å². The molecule has 0 aromatic carbocycles. The van der Waals surface area contributed by atoms with Crippen molar-refractivity contribution in [2.75, 3.05) is 12.3 Å². The summed E-state index contributed by atoms with van der Waals surface area (Å²) in [6, 6.07) is 4.01. The molecule has 1 aromatic heterocycles. The molecule has 3 fully saturated rings. The van der Waals surface area contributed by atoms with E-state index < -0.39 is 0 Å². The van der Waals surface area contributed by atoms with Crippen LogP contribution in [0.25, 0.3) is 0 Å². The Kier molecular flexibility index (Phi) is 3.90. The summed E-state index contributed by atoms with van der Waals surface area (Å²) < 4.78 is 2.12. The molecule has 3 aliphatic rings. The molecule has 0 bridgehead atoms. The Hall–Kier alpha value is -1.43. The van der Waals surface area contributed by atoms with E-state index in [1.807, 2.05) is 29.1 Å². The second-order valence-corrected chi connectivity index (χ2v) is 8.85. The number of aryl methyl sites for hydroxylation is 1. The van der Waals surface area contributed by atoms with Gasteiger partial charge in [0.15, 0.2) is 0 Å². The summed E-state index contributed by atoms with van der Waals surface area (Å²) in [7, 11) is 2.04. The highest BCUT2D eigenvalue weighted by molar-refractivity contribution is 8.01. The first kappa shape index (κ1) is 16.1. The van der Waals surface area contributed by atoms with Crippen molar-refractivity contribution in [3.05, 3.63) is 24.0 Å². The maximum Gasteiger partial charge on any atom is 0.246 e. The molecule has 5 nitrogen and oxygen atoms in total. The minimum atomic E-state index is -0.282. The fraction of sp³-hybridized carbons (Fsp3) is 0.667. The van der Waals surface area contributed by atoms with Crippen molar-refractivity contribution in [1.29, 1.82) is 0 Å². The number of carbonyl (C=O) groups is 2. The number of carbonyl (C=O) groups excluding carboxylic acids is 2. The zero-order valence-electron chi connectivity index (χ0n) is 14.4. The second-order valence-electron chi connectivity index (χ2n) is 7.35. The SMILES string of the molecule is Cn1cccc1[C@@H]1CCCCN1C(=O)[C@H]1CS[C@@]2(C)CCC(=O)N12. The van der Waals surface area contributed by atoms with Gasteiger partial charge in [0.25, 0.3) is 0 Å². The lowest BCUT2D eigenvalue weighted by Crippen LogP contribution is -2.53. The first-order valence-corrected chi connectivity index (χ1v) is 9.88. The van der Waals surface area contributed by atoms with Crippen LogP contribution in [0.2, 0.25) is 0 Å². The number of fused-ring (bicyclic) bond motifs is 1. The van der Waals surface area contributed by atoms with Crippen molar-refractivity contribution in [2.45, 2.75) is 56.0 Å². The average Bonchev–Trinajstić information content (AvgIpc) is 3.23. The molecule has 0 aliphatic carbocycles. The fourth-order valence-electron chi connectivity index (χ4n) is 4.52. The molecular weight excluding hydrogens is 322 g/mol. The summed E-state index contributed by atoms with van der Waals surface area (Å²) in [6.07, 6.45) is 6.70. The van der Waals surface area contributed by atoms with Gasteiger partial charge in [0.1, 0.15) is 6.04 Å². The number of likely N-dealkylation sites (tertiary alicyclic amines) is 1. The lowest BCUT2D eigenvalue weighted by Gasteiger charge is -2.39. The quantitative estimate of drug-likeness (QED) is 0.826. The summed E-state index contributed by atoms with van der Waals surface area (Å²) in [5.41, 5.74) is 1.20. The fourth-order valence-corrected chi connectivity index (χ4v) is 5.94. The standard InChI is InChI=1S/C18H25N3O2S/c1-18-9-8-16(22)21(18)15(12-24-18)17(23)20-11-4-3-6-14(20)13-7-5-10-19(13)2/h5,7,10,14-15H,3-4,6,8-9,11-12H2,1-2H3/t14-,15+,18-/m0/s1. The molecule has 6 heteroatoms. The number of rotatable bonds is 2. The van der Waals surface area contributed by atoms with E-state index in [0.717, 1.165) is 38.0 Å². The largest absolute Gasteiger partial charge is 0.353 e. The minimum absolute atomic E-state index is 0.140. The van der Waals surface area contributed by atoms with E-state index in [1.165, 1.54) is 5.69 Å². The Morgan fingerprint density at radius 3 is 2.96 bits per heavy atom. The molecule has 0 spiro atoms. The molecule has 130 valence electrons. The van der Waals surface area contributed by atoms with Crippen molar-refractivity contribution >= 4 is 23.6 Å². The summed E-state index contributed by atoms with van der Waals surface area (Å²) >= 11 is 1.77. The normalized spacial score (nSPS) is 33.2. The van der Waals surface area contributed by atoms with Crippen molar-refractivity contribution in [2.24, 2.45) is 7.05 Å². The van der Waals surface area contributed by atoms with Gasteiger partial charge >= 0.3 is 0 Å². The van der Waals surface area contributed by atoms with E-state index in [9.17, 15) is 9.59 Å². The van der Waals surface area contributed by atoms with Gasteiger partial charge in [-0.2, -0.15) is 0 Å². The summed E-state index contributed by atoms with van der Waals surface area (Å²) in [5, 5.41) is 0. The molecule has 4 rings (SSSR count). The van der Waals surface area contributed by atoms with Gasteiger partial charge in [-0.05, 0) is 44.7 Å². The molecule has 4 heterocycles. The average molecular weight is 347 g/mol. The third-order valence-corrected chi connectivity index (χ3v) is 7.35. The van der Waals surface area contributed by atoms with Gasteiger partial charge in [0, 0.05) is 37.7 Å². The molecule has 3 atom stereocenters. The maximum absolute atomic E-state index is 13.4. The lowest BCUT2D eigenvalue weighted by molar-refractivity contribution is -0.146. The van der Waals surface area contributed by atoms with E-state index in [2.05, 4.69) is 17.6 Å². The van der Waals surface area contributed by atoms with Crippen molar-refractivity contribution < 1.29 is 9.59 Å². The van der Waals surface area contributed by atoms with Crippen LogP contribution in [0.15, 0.2) is 18.3 Å². The molecule has 1 aromatic rings. The van der Waals surface area contributed by atoms with E-state index in [1.54, 1.807) is 11.8 Å². The molecule has 3 aliphatic heterocycles. The van der Waals surface area contributed by atoms with Crippen LogP contribution in [0.4, 0.5) is 0 Å². The molecule has 0 unspecified atom stereocenters. The third kappa shape index (κ3) is 2.38. The van der Waals surface area contributed by atoms with Gasteiger partial charge in [-0.3, -0.25) is 9.59 Å². The molecule has 0 radical (unpaired) electrons. The Morgan fingerprint density at radius 1 is 1.38 bits per heavy atom. The number of piperidine rings is 1. The Balaban J connectivity index is 1.61. The van der Waals surface area contributed by atoms with Gasteiger partial charge in [-0.15, -0.1) is 11.8 Å². The predicted molar refractivity (Wildman–Crippen MR) is 94.4 cm³/mol. The van der Waals surface area contributed by atoms with E-state index >= 15 is 0 Å². The van der Waals surface area contributed by atoms with Gasteiger partial charge in [0.05, 0.1) is 10.9 Å². The second kappa shape index (κ2) is 5.83. The Bertz CT molecular complexity index is 673. The van der Waals surface area contributed by atoms with E-state index in [-0.39, 0.29) is 28.8 Å². The van der Waals surface area contributed by atoms with Crippen molar-refractivity contribution in [3.8, 4) is 0 Å². The topological polar surface area (TPSA) is 45.6 Å². The first-order chi connectivity index (χ1) is 11.5. The van der Waals surface area contributed by atoms with E-state index in [0.29, 0.717) is 6.42 Å². The summed E-state index contributed by atoms with van der Waals surface area (Å²) in [4.78, 5) is 29.5. The smallest absolute Gasteiger partial charge is 0.246 e. The summed E-state index contributed by atoms with van der Waals surface area (Å²) in [6.45, 7) is 2.91. The van der Waals surface area contributed by atoms with Crippen LogP contribution in [-0.4, -0.2) is 49.4 Å². The molecule has 2 amide bonds. The Morgan fingerprint density at radius 2 is 2.21 bits per heavy atom. The number of hydrogen-bond acceptors (Lipinski definition) is 3. The first-order valence-electron chi connectivity index (χ1n) is 8.89. The zero-order chi connectivity index (χ0) is 16.9. The van der Waals surface area contributed by atoms with Crippen molar-refractivity contribution in [3.63, 3.8) is 0 Å². The lowest BCUT2D eigenvalue weighted by atomic mass is 9.98. The molecule has 3 saturated heterocycles. The number of amides is 2. The van der Waals surface area contributed by atoms with Crippen LogP contribution >= 0.6 is 11.8 Å². The van der Waals surface area contributed by atoms with Gasteiger partial charge in [-0.1, -0.05) is 0 Å². The number of nitrogens with zero attached hydrogens (tertiary/aromatic N) is 3. The van der Waals surface area contributed by atoms with Crippen LogP contribution in [0.5, 0.6) is 0 Å². The number of aromatic nitrogens is 1.